The van der Waals surface area contributed by atoms with Crippen molar-refractivity contribution in [2.24, 2.45) is 0 Å². The number of likely N-dealkylation sites (N-methyl/N-ethyl adjacent to an activating group) is 1. The molecule has 0 aliphatic carbocycles. The SMILES string of the molecule is CC(=O)Nc1ccc2c(c1)C(=O)N(C)[C@H]1CC[C@H](CC(=O)NCCCN3CCOCC3)O[C@H]1CO2. The van der Waals surface area contributed by atoms with Crippen LogP contribution >= 0.6 is 0 Å². The molecule has 3 aliphatic rings. The lowest BCUT2D eigenvalue weighted by Crippen LogP contribution is -2.54. The van der Waals surface area contributed by atoms with Gasteiger partial charge in [-0.25, -0.2) is 0 Å². The Balaban J connectivity index is 1.28. The lowest BCUT2D eigenvalue weighted by atomic mass is 9.94. The maximum absolute atomic E-state index is 13.2. The molecule has 0 spiro atoms. The minimum absolute atomic E-state index is 0.0116. The van der Waals surface area contributed by atoms with E-state index in [1.54, 1.807) is 30.1 Å². The molecule has 1 aromatic carbocycles. The Morgan fingerprint density at radius 3 is 2.74 bits per heavy atom. The van der Waals surface area contributed by atoms with Crippen LogP contribution in [-0.4, -0.2) is 98.8 Å². The first-order valence-electron chi connectivity index (χ1n) is 12.4. The van der Waals surface area contributed by atoms with Crippen molar-refractivity contribution in [3.05, 3.63) is 23.8 Å². The average molecular weight is 489 g/mol. The number of nitrogens with one attached hydrogen (secondary N) is 2. The van der Waals surface area contributed by atoms with E-state index >= 15 is 0 Å². The maximum atomic E-state index is 13.2. The number of morpholine rings is 1. The number of nitrogens with zero attached hydrogens (tertiary/aromatic N) is 2. The van der Waals surface area contributed by atoms with Gasteiger partial charge in [-0.3, -0.25) is 19.3 Å². The zero-order valence-electron chi connectivity index (χ0n) is 20.6. The molecule has 10 heteroatoms. The predicted octanol–water partition coefficient (Wildman–Crippen LogP) is 1.25. The van der Waals surface area contributed by atoms with Gasteiger partial charge in [0, 0.05) is 39.3 Å². The number of carbonyl (C=O) groups is 3. The number of benzene rings is 1. The van der Waals surface area contributed by atoms with E-state index in [0.29, 0.717) is 36.4 Å². The van der Waals surface area contributed by atoms with Gasteiger partial charge in [-0.15, -0.1) is 0 Å². The van der Waals surface area contributed by atoms with Gasteiger partial charge < -0.3 is 29.7 Å². The van der Waals surface area contributed by atoms with E-state index in [2.05, 4.69) is 15.5 Å². The summed E-state index contributed by atoms with van der Waals surface area (Å²) < 4.78 is 17.6. The molecule has 3 atom stereocenters. The van der Waals surface area contributed by atoms with Gasteiger partial charge in [0.05, 0.1) is 37.3 Å². The van der Waals surface area contributed by atoms with Gasteiger partial charge in [0.15, 0.2) is 0 Å². The Morgan fingerprint density at radius 2 is 1.97 bits per heavy atom. The first kappa shape index (κ1) is 25.4. The molecule has 4 rings (SSSR count). The van der Waals surface area contributed by atoms with Crippen molar-refractivity contribution in [3.63, 3.8) is 0 Å². The van der Waals surface area contributed by atoms with Crippen LogP contribution in [0.15, 0.2) is 18.2 Å². The highest BCUT2D eigenvalue weighted by atomic mass is 16.5. The summed E-state index contributed by atoms with van der Waals surface area (Å²) in [5, 5.41) is 5.72. The van der Waals surface area contributed by atoms with Crippen molar-refractivity contribution in [1.29, 1.82) is 0 Å². The number of carbonyl (C=O) groups excluding carboxylic acids is 3. The number of rotatable bonds is 7. The third-order valence-corrected chi connectivity index (χ3v) is 6.82. The summed E-state index contributed by atoms with van der Waals surface area (Å²) in [6.07, 6.45) is 2.11. The highest BCUT2D eigenvalue weighted by Crippen LogP contribution is 2.32. The zero-order valence-corrected chi connectivity index (χ0v) is 20.6. The van der Waals surface area contributed by atoms with E-state index in [1.807, 2.05) is 0 Å². The Bertz CT molecular complexity index is 919. The lowest BCUT2D eigenvalue weighted by Gasteiger charge is -2.42. The smallest absolute Gasteiger partial charge is 0.257 e. The van der Waals surface area contributed by atoms with E-state index in [4.69, 9.17) is 14.2 Å². The summed E-state index contributed by atoms with van der Waals surface area (Å²) in [6.45, 7) is 6.77. The second kappa shape index (κ2) is 11.8. The summed E-state index contributed by atoms with van der Waals surface area (Å²) in [7, 11) is 1.77. The summed E-state index contributed by atoms with van der Waals surface area (Å²) in [5.41, 5.74) is 0.963. The monoisotopic (exact) mass is 488 g/mol. The molecule has 0 unspecified atom stereocenters. The van der Waals surface area contributed by atoms with Gasteiger partial charge in [-0.2, -0.15) is 0 Å². The maximum Gasteiger partial charge on any atom is 0.257 e. The van der Waals surface area contributed by atoms with E-state index < -0.39 is 0 Å². The molecule has 2 fully saturated rings. The van der Waals surface area contributed by atoms with E-state index in [9.17, 15) is 14.4 Å². The minimum atomic E-state index is -0.319. The molecule has 2 saturated heterocycles. The van der Waals surface area contributed by atoms with Crippen LogP contribution in [0.1, 0.15) is 43.0 Å². The fourth-order valence-corrected chi connectivity index (χ4v) is 4.94. The molecule has 3 heterocycles. The van der Waals surface area contributed by atoms with Crippen molar-refractivity contribution in [2.45, 2.75) is 50.9 Å². The van der Waals surface area contributed by atoms with Crippen LogP contribution in [0.25, 0.3) is 0 Å². The Hall–Kier alpha value is -2.69. The van der Waals surface area contributed by atoms with Crippen LogP contribution in [0.5, 0.6) is 5.75 Å². The highest BCUT2D eigenvalue weighted by molar-refractivity contribution is 5.99. The van der Waals surface area contributed by atoms with E-state index in [1.165, 1.54) is 6.92 Å². The molecule has 0 saturated carbocycles. The van der Waals surface area contributed by atoms with Gasteiger partial charge >= 0.3 is 0 Å². The summed E-state index contributed by atoms with van der Waals surface area (Å²) in [5.74, 6) is 0.0630. The molecule has 192 valence electrons. The number of hydrogen-bond donors (Lipinski definition) is 2. The van der Waals surface area contributed by atoms with Crippen molar-refractivity contribution >= 4 is 23.4 Å². The quantitative estimate of drug-likeness (QED) is 0.556. The molecule has 0 bridgehead atoms. The lowest BCUT2D eigenvalue weighted by molar-refractivity contribution is -0.134. The Kier molecular flexibility index (Phi) is 8.59. The highest BCUT2D eigenvalue weighted by Gasteiger charge is 2.39. The van der Waals surface area contributed by atoms with Gasteiger partial charge in [0.25, 0.3) is 5.91 Å². The Morgan fingerprint density at radius 1 is 1.17 bits per heavy atom. The average Bonchev–Trinajstić information content (AvgIpc) is 2.85. The predicted molar refractivity (Wildman–Crippen MR) is 130 cm³/mol. The number of amides is 3. The summed E-state index contributed by atoms with van der Waals surface area (Å²) in [4.78, 5) is 41.1. The van der Waals surface area contributed by atoms with Crippen LogP contribution in [0, 0.1) is 0 Å². The fourth-order valence-electron chi connectivity index (χ4n) is 4.94. The van der Waals surface area contributed by atoms with Crippen LogP contribution in [0.2, 0.25) is 0 Å². The van der Waals surface area contributed by atoms with E-state index in [-0.39, 0.29) is 42.6 Å². The van der Waals surface area contributed by atoms with Gasteiger partial charge in [-0.1, -0.05) is 0 Å². The van der Waals surface area contributed by atoms with E-state index in [0.717, 1.165) is 45.7 Å². The first-order valence-corrected chi connectivity index (χ1v) is 12.4. The minimum Gasteiger partial charge on any atom is -0.490 e. The molecular weight excluding hydrogens is 452 g/mol. The normalized spacial score (nSPS) is 24.9. The number of hydrogen-bond acceptors (Lipinski definition) is 7. The van der Waals surface area contributed by atoms with Crippen LogP contribution in [0.4, 0.5) is 5.69 Å². The van der Waals surface area contributed by atoms with Crippen LogP contribution < -0.4 is 15.4 Å². The number of ether oxygens (including phenoxy) is 3. The molecule has 1 aromatic rings. The molecule has 10 nitrogen and oxygen atoms in total. The fraction of sp³-hybridized carbons (Fsp3) is 0.640. The van der Waals surface area contributed by atoms with Gasteiger partial charge in [0.2, 0.25) is 11.8 Å². The molecular formula is C25H36N4O6. The van der Waals surface area contributed by atoms with Gasteiger partial charge in [-0.05, 0) is 44.0 Å². The number of anilines is 1. The second-order valence-corrected chi connectivity index (χ2v) is 9.42. The topological polar surface area (TPSA) is 109 Å². The largest absolute Gasteiger partial charge is 0.490 e. The molecule has 0 aromatic heterocycles. The zero-order chi connectivity index (χ0) is 24.8. The second-order valence-electron chi connectivity index (χ2n) is 9.42. The standard InChI is InChI=1S/C25H36N4O6/c1-17(30)27-18-4-7-22-20(14-18)25(32)28(2)21-6-5-19(35-23(21)16-34-22)15-24(31)26-8-3-9-29-10-12-33-13-11-29/h4,7,14,19,21,23H,3,5-6,8-13,15-16H2,1-2H3,(H,26,31)(H,27,30)/t19-,21+,23+/m1/s1. The molecule has 0 radical (unpaired) electrons. The molecule has 2 N–H and O–H groups in total. The van der Waals surface area contributed by atoms with Crippen molar-refractivity contribution in [2.75, 3.05) is 58.4 Å². The summed E-state index contributed by atoms with van der Waals surface area (Å²) >= 11 is 0. The van der Waals surface area contributed by atoms with Crippen molar-refractivity contribution in [3.8, 4) is 5.75 Å². The molecule has 3 aliphatic heterocycles. The molecule has 3 amide bonds. The Labute approximate surface area is 206 Å². The van der Waals surface area contributed by atoms with Crippen molar-refractivity contribution in [1.82, 2.24) is 15.1 Å². The summed E-state index contributed by atoms with van der Waals surface area (Å²) in [6, 6.07) is 4.90. The number of fused-ring (bicyclic) bond motifs is 2. The van der Waals surface area contributed by atoms with Crippen LogP contribution in [0.3, 0.4) is 0 Å². The first-order chi connectivity index (χ1) is 16.9. The van der Waals surface area contributed by atoms with Crippen LogP contribution in [-0.2, 0) is 19.1 Å². The van der Waals surface area contributed by atoms with Crippen molar-refractivity contribution < 1.29 is 28.6 Å². The van der Waals surface area contributed by atoms with Gasteiger partial charge in [0.1, 0.15) is 18.5 Å². The molecule has 35 heavy (non-hydrogen) atoms. The third kappa shape index (κ3) is 6.71. The third-order valence-electron chi connectivity index (χ3n) is 6.82.